The van der Waals surface area contributed by atoms with Crippen LogP contribution in [0, 0.1) is 0 Å². The number of carbonyl (C=O) groups is 2. The van der Waals surface area contributed by atoms with Gasteiger partial charge >= 0.3 is 12.1 Å². The Morgan fingerprint density at radius 2 is 1.12 bits per heavy atom. The molecule has 272 valence electrons. The van der Waals surface area contributed by atoms with Crippen LogP contribution < -0.4 is 16.0 Å². The lowest BCUT2D eigenvalue weighted by Gasteiger charge is -2.32. The van der Waals surface area contributed by atoms with Crippen molar-refractivity contribution in [2.24, 2.45) is 0 Å². The summed E-state index contributed by atoms with van der Waals surface area (Å²) in [4.78, 5) is 34.7. The van der Waals surface area contributed by atoms with Gasteiger partial charge in [0.1, 0.15) is 0 Å². The van der Waals surface area contributed by atoms with Gasteiger partial charge in [0.25, 0.3) is 0 Å². The second-order valence-electron chi connectivity index (χ2n) is 13.2. The summed E-state index contributed by atoms with van der Waals surface area (Å²) in [5.74, 6) is 0.495. The zero-order chi connectivity index (χ0) is 35.1. The van der Waals surface area contributed by atoms with Gasteiger partial charge in [-0.2, -0.15) is 0 Å². The van der Waals surface area contributed by atoms with Gasteiger partial charge in [0.15, 0.2) is 9.84 Å². The summed E-state index contributed by atoms with van der Waals surface area (Å²) >= 11 is 5.68. The van der Waals surface area contributed by atoms with Gasteiger partial charge in [-0.15, -0.1) is 11.6 Å². The Balaban J connectivity index is 0.000000187. The normalized spacial score (nSPS) is 20.2. The summed E-state index contributed by atoms with van der Waals surface area (Å²) in [6.07, 6.45) is 3.49. The molecule has 49 heavy (non-hydrogen) atoms. The monoisotopic (exact) mass is 718 g/mol. The van der Waals surface area contributed by atoms with E-state index in [1.807, 2.05) is 29.2 Å². The van der Waals surface area contributed by atoms with Crippen molar-refractivity contribution in [2.75, 3.05) is 115 Å². The lowest BCUT2D eigenvalue weighted by atomic mass is 10.1. The van der Waals surface area contributed by atoms with Gasteiger partial charge in [0.05, 0.1) is 11.5 Å². The molecule has 14 heteroatoms. The standard InChI is InChI=1S/C18H28N4O.C12H15ClN2O3S.C5H12N2/c1-20-11-13-21(14-12-20)15-16-5-7-17(8-6-16)19-18(23)22-9-3-2-4-10-22;13-9-10-1-3-11(4-2-10)14-12(16)15-5-7-19(17,18)8-6-15;1-7-4-2-6-3-5-7/h5-8H,2-4,9-15H2,1H3,(H,19,23);1-4H,5-9H2,(H,14,16);6H,2-5H2,1H3. The lowest BCUT2D eigenvalue weighted by Crippen LogP contribution is -2.45. The van der Waals surface area contributed by atoms with Crippen LogP contribution in [0.2, 0.25) is 0 Å². The Labute approximate surface area is 298 Å². The molecule has 2 aromatic carbocycles. The van der Waals surface area contributed by atoms with E-state index in [1.165, 1.54) is 30.0 Å². The first-order valence-corrected chi connectivity index (χ1v) is 19.8. The number of urea groups is 2. The number of nitrogens with zero attached hydrogens (tertiary/aromatic N) is 5. The number of halogens is 1. The first-order valence-electron chi connectivity index (χ1n) is 17.5. The highest BCUT2D eigenvalue weighted by Crippen LogP contribution is 2.16. The third-order valence-electron chi connectivity index (χ3n) is 9.18. The van der Waals surface area contributed by atoms with Crippen molar-refractivity contribution in [1.29, 1.82) is 0 Å². The van der Waals surface area contributed by atoms with Crippen LogP contribution in [0.25, 0.3) is 0 Å². The molecule has 4 amide bonds. The summed E-state index contributed by atoms with van der Waals surface area (Å²) < 4.78 is 22.6. The van der Waals surface area contributed by atoms with E-state index in [-0.39, 0.29) is 36.7 Å². The second-order valence-corrected chi connectivity index (χ2v) is 15.8. The number of sulfone groups is 1. The van der Waals surface area contributed by atoms with Gasteiger partial charge in [-0.25, -0.2) is 18.0 Å². The third kappa shape index (κ3) is 14.1. The van der Waals surface area contributed by atoms with Gasteiger partial charge in [0, 0.05) is 102 Å². The summed E-state index contributed by atoms with van der Waals surface area (Å²) in [6.45, 7) is 12.5. The van der Waals surface area contributed by atoms with E-state index in [9.17, 15) is 18.0 Å². The summed E-state index contributed by atoms with van der Waals surface area (Å²) in [5.41, 5.74) is 3.85. The Kier molecular flexibility index (Phi) is 15.9. The molecular weight excluding hydrogens is 664 g/mol. The predicted molar refractivity (Wildman–Crippen MR) is 199 cm³/mol. The van der Waals surface area contributed by atoms with E-state index >= 15 is 0 Å². The van der Waals surface area contributed by atoms with Crippen LogP contribution in [0.5, 0.6) is 0 Å². The Bertz CT molecular complexity index is 1380. The van der Waals surface area contributed by atoms with Gasteiger partial charge < -0.3 is 35.6 Å². The average molecular weight is 719 g/mol. The minimum atomic E-state index is -2.97. The molecular formula is C35H55ClN8O4S. The Morgan fingerprint density at radius 3 is 1.59 bits per heavy atom. The van der Waals surface area contributed by atoms with Crippen LogP contribution in [0.1, 0.15) is 30.4 Å². The molecule has 6 rings (SSSR count). The minimum absolute atomic E-state index is 0.0333. The smallest absolute Gasteiger partial charge is 0.321 e. The number of hydrogen-bond acceptors (Lipinski definition) is 8. The first-order chi connectivity index (χ1) is 23.6. The van der Waals surface area contributed by atoms with Gasteiger partial charge in [-0.05, 0) is 68.8 Å². The maximum Gasteiger partial charge on any atom is 0.321 e. The van der Waals surface area contributed by atoms with Gasteiger partial charge in [-0.3, -0.25) is 4.90 Å². The molecule has 3 N–H and O–H groups in total. The predicted octanol–water partition coefficient (Wildman–Crippen LogP) is 3.66. The van der Waals surface area contributed by atoms with E-state index in [0.29, 0.717) is 11.6 Å². The third-order valence-corrected chi connectivity index (χ3v) is 11.1. The van der Waals surface area contributed by atoms with Crippen LogP contribution in [-0.2, 0) is 22.3 Å². The largest absolute Gasteiger partial charge is 0.325 e. The molecule has 4 aliphatic heterocycles. The number of nitrogens with one attached hydrogen (secondary N) is 3. The van der Waals surface area contributed by atoms with Crippen LogP contribution in [0.3, 0.4) is 0 Å². The average Bonchev–Trinajstić information content (AvgIpc) is 3.11. The highest BCUT2D eigenvalue weighted by molar-refractivity contribution is 7.91. The first kappa shape index (κ1) is 38.9. The number of amides is 4. The van der Waals surface area contributed by atoms with Crippen LogP contribution in [0.15, 0.2) is 48.5 Å². The number of likely N-dealkylation sites (tertiary alicyclic amines) is 1. The van der Waals surface area contributed by atoms with Gasteiger partial charge in [-0.1, -0.05) is 24.3 Å². The molecule has 4 fully saturated rings. The van der Waals surface area contributed by atoms with E-state index in [4.69, 9.17) is 11.6 Å². The van der Waals surface area contributed by atoms with Crippen LogP contribution in [-0.4, -0.2) is 149 Å². The SMILES string of the molecule is CN1CCN(Cc2ccc(NC(=O)N3CCCCC3)cc2)CC1.CN1CCNCC1.O=C(Nc1ccc(CCl)cc1)N1CCS(=O)(=O)CC1. The quantitative estimate of drug-likeness (QED) is 0.401. The van der Waals surface area contributed by atoms with E-state index in [0.717, 1.165) is 83.0 Å². The van der Waals surface area contributed by atoms with Crippen molar-refractivity contribution in [3.05, 3.63) is 59.7 Å². The molecule has 0 spiro atoms. The maximum atomic E-state index is 12.2. The molecule has 0 atom stereocenters. The molecule has 0 aromatic heterocycles. The highest BCUT2D eigenvalue weighted by Gasteiger charge is 2.25. The molecule has 0 bridgehead atoms. The molecule has 4 heterocycles. The van der Waals surface area contributed by atoms with Crippen LogP contribution in [0.4, 0.5) is 21.0 Å². The van der Waals surface area contributed by atoms with Crippen molar-refractivity contribution >= 4 is 44.9 Å². The summed E-state index contributed by atoms with van der Waals surface area (Å²) in [6, 6.07) is 15.3. The number of piperidine rings is 1. The topological polar surface area (TPSA) is 121 Å². The maximum absolute atomic E-state index is 12.2. The number of rotatable bonds is 5. The van der Waals surface area contributed by atoms with Crippen molar-refractivity contribution in [3.8, 4) is 0 Å². The zero-order valence-electron chi connectivity index (χ0n) is 29.2. The van der Waals surface area contributed by atoms with Crippen molar-refractivity contribution in [3.63, 3.8) is 0 Å². The Morgan fingerprint density at radius 1 is 0.653 bits per heavy atom. The number of hydrogen-bond donors (Lipinski definition) is 3. The zero-order valence-corrected chi connectivity index (χ0v) is 30.8. The lowest BCUT2D eigenvalue weighted by molar-refractivity contribution is 0.148. The number of anilines is 2. The highest BCUT2D eigenvalue weighted by atomic mass is 35.5. The fraction of sp³-hybridized carbons (Fsp3) is 0.600. The number of benzene rings is 2. The molecule has 0 radical (unpaired) electrons. The number of piperazine rings is 2. The van der Waals surface area contributed by atoms with Crippen molar-refractivity contribution in [1.82, 2.24) is 29.8 Å². The van der Waals surface area contributed by atoms with Gasteiger partial charge in [0.2, 0.25) is 0 Å². The molecule has 2 aromatic rings. The summed E-state index contributed by atoms with van der Waals surface area (Å²) in [7, 11) is 1.36. The summed E-state index contributed by atoms with van der Waals surface area (Å²) in [5, 5.41) is 9.03. The fourth-order valence-electron chi connectivity index (χ4n) is 5.83. The van der Waals surface area contributed by atoms with Crippen LogP contribution >= 0.6 is 11.6 Å². The van der Waals surface area contributed by atoms with Crippen molar-refractivity contribution < 1.29 is 18.0 Å². The van der Waals surface area contributed by atoms with E-state index in [2.05, 4.69) is 56.9 Å². The molecule has 0 unspecified atom stereocenters. The van der Waals surface area contributed by atoms with E-state index < -0.39 is 9.84 Å². The van der Waals surface area contributed by atoms with E-state index in [1.54, 1.807) is 12.1 Å². The number of likely N-dealkylation sites (N-methyl/N-ethyl adjacent to an activating group) is 2. The number of alkyl halides is 1. The molecule has 12 nitrogen and oxygen atoms in total. The second kappa shape index (κ2) is 20.0. The minimum Gasteiger partial charge on any atom is -0.325 e. The molecule has 4 aliphatic rings. The number of carbonyl (C=O) groups excluding carboxylic acids is 2. The Hall–Kier alpha value is -2.94. The fourth-order valence-corrected chi connectivity index (χ4v) is 7.21. The molecule has 0 aliphatic carbocycles. The van der Waals surface area contributed by atoms with Crippen molar-refractivity contribution in [2.45, 2.75) is 31.7 Å². The molecule has 0 saturated carbocycles. The molecule has 4 saturated heterocycles.